The Morgan fingerprint density at radius 2 is 1.03 bits per heavy atom. The zero-order valence-electron chi connectivity index (χ0n) is 34.6. The highest BCUT2D eigenvalue weighted by atomic mass is 79.9. The molecule has 4 aromatic rings. The van der Waals surface area contributed by atoms with Gasteiger partial charge in [-0.1, -0.05) is 58.4 Å². The topological polar surface area (TPSA) is 226 Å². The van der Waals surface area contributed by atoms with E-state index in [0.29, 0.717) is 50.0 Å². The van der Waals surface area contributed by atoms with Crippen LogP contribution in [0.25, 0.3) is 0 Å². The van der Waals surface area contributed by atoms with Crippen LogP contribution in [0.1, 0.15) is 95.6 Å². The van der Waals surface area contributed by atoms with Crippen molar-refractivity contribution in [3.05, 3.63) is 122 Å². The van der Waals surface area contributed by atoms with Gasteiger partial charge in [-0.05, 0) is 105 Å². The molecule has 18 heteroatoms. The molecular weight excluding hydrogens is 879 g/mol. The molecule has 0 amide bonds. The van der Waals surface area contributed by atoms with E-state index in [1.807, 2.05) is 27.7 Å². The van der Waals surface area contributed by atoms with E-state index in [4.69, 9.17) is 29.1 Å². The zero-order chi connectivity index (χ0) is 45.0. The second kappa shape index (κ2) is 19.0. The third kappa shape index (κ3) is 12.5. The quantitative estimate of drug-likeness (QED) is 0.0987. The number of Topliss-reactive ketones (excluding diaryl/α,β-unsaturated/α-hetero) is 2. The first-order chi connectivity index (χ1) is 27.7. The number of rotatable bonds is 13. The number of hydrogen-bond acceptors (Lipinski definition) is 12. The average Bonchev–Trinajstić information content (AvgIpc) is 3.34. The molecule has 1 saturated heterocycles. The number of nitrogens with two attached hydrogens (primary N) is 2. The summed E-state index contributed by atoms with van der Waals surface area (Å²) in [6.07, 6.45) is 0.176. The maximum Gasteiger partial charge on any atom is 0.495 e. The van der Waals surface area contributed by atoms with Gasteiger partial charge < -0.3 is 18.8 Å². The minimum Gasteiger partial charge on any atom is -0.461 e. The Kier molecular flexibility index (Phi) is 15.2. The van der Waals surface area contributed by atoms with Crippen molar-refractivity contribution in [2.45, 2.75) is 102 Å². The number of hydrogen-bond donors (Lipinski definition) is 2. The molecule has 1 heterocycles. The highest BCUT2D eigenvalue weighted by molar-refractivity contribution is 9.10. The Morgan fingerprint density at radius 1 is 0.633 bits per heavy atom. The van der Waals surface area contributed by atoms with Crippen LogP contribution >= 0.6 is 15.9 Å². The van der Waals surface area contributed by atoms with Crippen LogP contribution in [0.2, 0.25) is 0 Å². The molecule has 5 rings (SSSR count). The molecule has 0 saturated carbocycles. The SMILES string of the molecule is CC(=O)OCc1cc(C(=O)Cc2ccc(S(N)(=O)=O)c(C)c2)ccc1B1OC(C)(C)C(C)(C)O1.CC(=O)OCc1cc(C(=O)Cc2ccc(S(N)(=O)=O)c(C)c2)ccc1Br. The third-order valence-corrected chi connectivity index (χ3v) is 12.9. The molecule has 0 atom stereocenters. The largest absolute Gasteiger partial charge is 0.495 e. The van der Waals surface area contributed by atoms with E-state index in [9.17, 15) is 36.0 Å². The lowest BCUT2D eigenvalue weighted by Gasteiger charge is -2.32. The van der Waals surface area contributed by atoms with E-state index < -0.39 is 50.3 Å². The third-order valence-electron chi connectivity index (χ3n) is 10.0. The van der Waals surface area contributed by atoms with Gasteiger partial charge in [0.1, 0.15) is 13.2 Å². The fraction of sp³-hybridized carbons (Fsp3) is 0.333. The molecular formula is C42H48BBrN2O12S2. The molecule has 320 valence electrons. The molecule has 0 bridgehead atoms. The van der Waals surface area contributed by atoms with Gasteiger partial charge in [-0.25, -0.2) is 27.1 Å². The summed E-state index contributed by atoms with van der Waals surface area (Å²) in [5.74, 6) is -1.15. The van der Waals surface area contributed by atoms with Gasteiger partial charge in [0.15, 0.2) is 11.6 Å². The lowest BCUT2D eigenvalue weighted by Crippen LogP contribution is -2.41. The predicted octanol–water partition coefficient (Wildman–Crippen LogP) is 5.32. The van der Waals surface area contributed by atoms with Crippen LogP contribution in [0.5, 0.6) is 0 Å². The first kappa shape index (κ1) is 48.1. The Labute approximate surface area is 359 Å². The number of primary sulfonamides is 2. The maximum atomic E-state index is 13.0. The summed E-state index contributed by atoms with van der Waals surface area (Å²) in [7, 11) is -8.29. The Bertz CT molecular complexity index is 2540. The van der Waals surface area contributed by atoms with Gasteiger partial charge in [0.25, 0.3) is 0 Å². The number of ether oxygens (including phenoxy) is 2. The van der Waals surface area contributed by atoms with Crippen molar-refractivity contribution in [3.8, 4) is 0 Å². The summed E-state index contributed by atoms with van der Waals surface area (Å²) in [5.41, 5.74) is 4.09. The van der Waals surface area contributed by atoms with E-state index in [-0.39, 0.29) is 47.4 Å². The number of aryl methyl sites for hydroxylation is 2. The van der Waals surface area contributed by atoms with Crippen molar-refractivity contribution in [1.29, 1.82) is 0 Å². The normalized spacial score (nSPS) is 14.5. The van der Waals surface area contributed by atoms with Gasteiger partial charge in [-0.3, -0.25) is 19.2 Å². The number of carbonyl (C=O) groups is 4. The van der Waals surface area contributed by atoms with Crippen LogP contribution in [0.3, 0.4) is 0 Å². The van der Waals surface area contributed by atoms with Gasteiger partial charge in [0, 0.05) is 47.9 Å². The van der Waals surface area contributed by atoms with E-state index in [0.717, 1.165) is 4.47 Å². The van der Waals surface area contributed by atoms with Gasteiger partial charge >= 0.3 is 19.1 Å². The Hall–Kier alpha value is -4.56. The number of benzene rings is 4. The minimum absolute atomic E-state index is 0.0270. The van der Waals surface area contributed by atoms with Gasteiger partial charge in [0.2, 0.25) is 20.0 Å². The molecule has 1 fully saturated rings. The van der Waals surface area contributed by atoms with Crippen LogP contribution in [0.15, 0.2) is 87.1 Å². The van der Waals surface area contributed by atoms with Crippen molar-refractivity contribution in [2.24, 2.45) is 10.3 Å². The maximum absolute atomic E-state index is 13.0. The molecule has 1 aliphatic heterocycles. The van der Waals surface area contributed by atoms with Crippen molar-refractivity contribution in [3.63, 3.8) is 0 Å². The molecule has 4 N–H and O–H groups in total. The summed E-state index contributed by atoms with van der Waals surface area (Å²) in [5, 5.41) is 10.4. The number of halogens is 1. The summed E-state index contributed by atoms with van der Waals surface area (Å²) < 4.78 is 69.4. The molecule has 1 aliphatic rings. The predicted molar refractivity (Wildman–Crippen MR) is 228 cm³/mol. The van der Waals surface area contributed by atoms with E-state index in [1.54, 1.807) is 74.5 Å². The van der Waals surface area contributed by atoms with Gasteiger partial charge in [0.05, 0.1) is 21.0 Å². The molecule has 14 nitrogen and oxygen atoms in total. The zero-order valence-corrected chi connectivity index (χ0v) is 37.8. The Balaban J connectivity index is 0.000000275. The molecule has 4 aromatic carbocycles. The summed E-state index contributed by atoms with van der Waals surface area (Å²) in [6.45, 7) is 13.7. The van der Waals surface area contributed by atoms with Crippen LogP contribution in [0, 0.1) is 13.8 Å². The fourth-order valence-electron chi connectivity index (χ4n) is 6.18. The van der Waals surface area contributed by atoms with Crippen LogP contribution in [0.4, 0.5) is 0 Å². The first-order valence-electron chi connectivity index (χ1n) is 18.5. The van der Waals surface area contributed by atoms with Crippen LogP contribution in [-0.4, -0.2) is 58.7 Å². The lowest BCUT2D eigenvalue weighted by atomic mass is 9.75. The second-order valence-corrected chi connectivity index (χ2v) is 19.3. The van der Waals surface area contributed by atoms with E-state index in [1.165, 1.54) is 26.0 Å². The van der Waals surface area contributed by atoms with Crippen LogP contribution < -0.4 is 15.7 Å². The summed E-state index contributed by atoms with van der Waals surface area (Å²) in [4.78, 5) is 48.0. The average molecular weight is 928 g/mol. The molecule has 0 spiro atoms. The summed E-state index contributed by atoms with van der Waals surface area (Å²) >= 11 is 3.36. The smallest absolute Gasteiger partial charge is 0.461 e. The molecule has 0 radical (unpaired) electrons. The molecule has 0 unspecified atom stereocenters. The molecule has 0 aromatic heterocycles. The van der Waals surface area contributed by atoms with Crippen molar-refractivity contribution in [2.75, 3.05) is 0 Å². The number of esters is 2. The van der Waals surface area contributed by atoms with Crippen molar-refractivity contribution < 1.29 is 54.8 Å². The van der Waals surface area contributed by atoms with Gasteiger partial charge in [-0.2, -0.15) is 0 Å². The molecule has 0 aliphatic carbocycles. The fourth-order valence-corrected chi connectivity index (χ4v) is 8.07. The standard InChI is InChI=1S/C24H30BNO7S.C18H18BrNO5S/c1-15-11-17(7-10-22(15)34(26,29)30)12-21(28)18-8-9-20(19(13-18)14-31-16(2)27)25-32-23(3,4)24(5,6)33-25;1-11-7-13(3-6-18(11)26(20,23)24)8-17(22)14-4-5-16(19)15(9-14)10-25-12(2)21/h7-11,13H,12,14H2,1-6H3,(H2,26,29,30);3-7,9H,8,10H2,1-2H3,(H2,20,23,24). The highest BCUT2D eigenvalue weighted by Crippen LogP contribution is 2.37. The number of carbonyl (C=O) groups excluding carboxylic acids is 4. The Morgan fingerprint density at radius 3 is 1.43 bits per heavy atom. The number of sulfonamides is 2. The monoisotopic (exact) mass is 926 g/mol. The minimum atomic E-state index is -3.83. The van der Waals surface area contributed by atoms with E-state index in [2.05, 4.69) is 15.9 Å². The van der Waals surface area contributed by atoms with Crippen LogP contribution in [-0.2, 0) is 74.5 Å². The first-order valence-corrected chi connectivity index (χ1v) is 22.4. The number of ketones is 2. The highest BCUT2D eigenvalue weighted by Gasteiger charge is 2.52. The van der Waals surface area contributed by atoms with Crippen molar-refractivity contribution >= 4 is 72.1 Å². The summed E-state index contributed by atoms with van der Waals surface area (Å²) in [6, 6.07) is 19.4. The molecule has 60 heavy (non-hydrogen) atoms. The van der Waals surface area contributed by atoms with Crippen molar-refractivity contribution in [1.82, 2.24) is 0 Å². The second-order valence-electron chi connectivity index (χ2n) is 15.4. The van der Waals surface area contributed by atoms with Gasteiger partial charge in [-0.15, -0.1) is 0 Å². The lowest BCUT2D eigenvalue weighted by molar-refractivity contribution is -0.143. The van der Waals surface area contributed by atoms with E-state index >= 15 is 0 Å².